The van der Waals surface area contributed by atoms with Crippen LogP contribution in [0.1, 0.15) is 12.7 Å². The van der Waals surface area contributed by atoms with Crippen LogP contribution < -0.4 is 16.2 Å². The van der Waals surface area contributed by atoms with Crippen LogP contribution in [0.4, 0.5) is 11.6 Å². The number of hydrogen-bond donors (Lipinski definition) is 2. The van der Waals surface area contributed by atoms with Gasteiger partial charge in [-0.15, -0.1) is 0 Å². The Morgan fingerprint density at radius 1 is 1.41 bits per heavy atom. The van der Waals surface area contributed by atoms with Gasteiger partial charge in [0.15, 0.2) is 0 Å². The van der Waals surface area contributed by atoms with E-state index in [1.165, 1.54) is 0 Å². The van der Waals surface area contributed by atoms with E-state index in [1.54, 1.807) is 0 Å². The molecule has 2 rings (SSSR count). The fraction of sp³-hybridized carbons (Fsp3) is 0.636. The van der Waals surface area contributed by atoms with Gasteiger partial charge < -0.3 is 15.2 Å². The van der Waals surface area contributed by atoms with Crippen LogP contribution in [0.25, 0.3) is 0 Å². The van der Waals surface area contributed by atoms with Crippen LogP contribution in [0.2, 0.25) is 0 Å². The Balaban J connectivity index is 2.24. The first-order valence-corrected chi connectivity index (χ1v) is 5.87. The zero-order valence-electron chi connectivity index (χ0n) is 10.6. The summed E-state index contributed by atoms with van der Waals surface area (Å²) in [4.78, 5) is 13.3. The smallest absolute Gasteiger partial charge is 0.145 e. The van der Waals surface area contributed by atoms with Crippen LogP contribution in [0.15, 0.2) is 6.07 Å². The molecule has 0 radical (unpaired) electrons. The minimum atomic E-state index is 0.452. The molecule has 0 saturated carbocycles. The largest absolute Gasteiger partial charge is 0.351 e. The van der Waals surface area contributed by atoms with E-state index < -0.39 is 0 Å². The quantitative estimate of drug-likeness (QED) is 0.565. The van der Waals surface area contributed by atoms with Crippen LogP contribution in [0.3, 0.4) is 0 Å². The fourth-order valence-electron chi connectivity index (χ4n) is 2.25. The zero-order valence-corrected chi connectivity index (χ0v) is 10.6. The highest BCUT2D eigenvalue weighted by Crippen LogP contribution is 2.20. The van der Waals surface area contributed by atoms with E-state index >= 15 is 0 Å². The lowest BCUT2D eigenvalue weighted by Gasteiger charge is -2.39. The Kier molecular flexibility index (Phi) is 3.44. The number of piperazine rings is 1. The summed E-state index contributed by atoms with van der Waals surface area (Å²) in [5.74, 6) is 7.76. The van der Waals surface area contributed by atoms with Crippen LogP contribution in [-0.4, -0.2) is 47.6 Å². The fourth-order valence-corrected chi connectivity index (χ4v) is 2.25. The number of rotatable bonds is 2. The Bertz CT molecular complexity index is 394. The molecule has 1 aromatic heterocycles. The molecule has 2 heterocycles. The molecule has 1 aliphatic rings. The first kappa shape index (κ1) is 12.1. The molecule has 1 fully saturated rings. The number of aryl methyl sites for hydroxylation is 1. The number of hydrogen-bond acceptors (Lipinski definition) is 6. The number of aromatic nitrogens is 2. The molecule has 94 valence electrons. The Labute approximate surface area is 102 Å². The maximum Gasteiger partial charge on any atom is 0.145 e. The number of hydrazine groups is 1. The van der Waals surface area contributed by atoms with Gasteiger partial charge in [-0.05, 0) is 20.9 Å². The van der Waals surface area contributed by atoms with Crippen molar-refractivity contribution in [3.05, 3.63) is 11.9 Å². The van der Waals surface area contributed by atoms with E-state index in [-0.39, 0.29) is 0 Å². The average molecular weight is 236 g/mol. The molecule has 0 bridgehead atoms. The van der Waals surface area contributed by atoms with Crippen molar-refractivity contribution < 1.29 is 0 Å². The van der Waals surface area contributed by atoms with Crippen molar-refractivity contribution in [3.63, 3.8) is 0 Å². The van der Waals surface area contributed by atoms with Gasteiger partial charge in [0, 0.05) is 31.7 Å². The lowest BCUT2D eigenvalue weighted by molar-refractivity contribution is 0.274. The highest BCUT2D eigenvalue weighted by Gasteiger charge is 2.23. The van der Waals surface area contributed by atoms with Gasteiger partial charge in [-0.25, -0.2) is 15.8 Å². The molecule has 1 aromatic rings. The summed E-state index contributed by atoms with van der Waals surface area (Å²) in [5, 5.41) is 0. The van der Waals surface area contributed by atoms with Crippen molar-refractivity contribution in [1.29, 1.82) is 0 Å². The molecule has 1 saturated heterocycles. The number of likely N-dealkylation sites (N-methyl/N-ethyl adjacent to an activating group) is 1. The second kappa shape index (κ2) is 4.85. The molecule has 17 heavy (non-hydrogen) atoms. The zero-order chi connectivity index (χ0) is 12.4. The minimum Gasteiger partial charge on any atom is -0.351 e. The third-order valence-electron chi connectivity index (χ3n) is 3.10. The van der Waals surface area contributed by atoms with Crippen LogP contribution in [0, 0.1) is 6.92 Å². The van der Waals surface area contributed by atoms with Crippen molar-refractivity contribution in [1.82, 2.24) is 14.9 Å². The van der Waals surface area contributed by atoms with Crippen molar-refractivity contribution in [2.45, 2.75) is 19.9 Å². The van der Waals surface area contributed by atoms with E-state index in [1.807, 2.05) is 13.0 Å². The number of nitrogens with one attached hydrogen (secondary N) is 1. The van der Waals surface area contributed by atoms with Crippen molar-refractivity contribution in [2.75, 3.05) is 37.0 Å². The van der Waals surface area contributed by atoms with E-state index in [0.717, 1.165) is 31.3 Å². The number of nitrogen functional groups attached to an aromatic ring is 1. The molecule has 1 unspecified atom stereocenters. The third-order valence-corrected chi connectivity index (χ3v) is 3.10. The van der Waals surface area contributed by atoms with Crippen LogP contribution >= 0.6 is 0 Å². The summed E-state index contributed by atoms with van der Waals surface area (Å²) < 4.78 is 0. The van der Waals surface area contributed by atoms with Gasteiger partial charge in [-0.2, -0.15) is 0 Å². The monoisotopic (exact) mass is 236 g/mol. The van der Waals surface area contributed by atoms with Gasteiger partial charge in [0.1, 0.15) is 17.5 Å². The average Bonchev–Trinajstić information content (AvgIpc) is 2.28. The molecule has 0 aromatic carbocycles. The summed E-state index contributed by atoms with van der Waals surface area (Å²) >= 11 is 0. The van der Waals surface area contributed by atoms with Crippen molar-refractivity contribution in [3.8, 4) is 0 Å². The maximum absolute atomic E-state index is 5.41. The molecular formula is C11H20N6. The topological polar surface area (TPSA) is 70.3 Å². The summed E-state index contributed by atoms with van der Waals surface area (Å²) in [6.07, 6.45) is 0. The van der Waals surface area contributed by atoms with E-state index in [0.29, 0.717) is 11.9 Å². The minimum absolute atomic E-state index is 0.452. The molecular weight excluding hydrogens is 216 g/mol. The SMILES string of the molecule is Cc1nc(NN)cc(N2CCN(C)CC2C)n1. The van der Waals surface area contributed by atoms with Gasteiger partial charge in [0.25, 0.3) is 0 Å². The number of anilines is 2. The number of nitrogens with zero attached hydrogens (tertiary/aromatic N) is 4. The standard InChI is InChI=1S/C11H20N6/c1-8-7-16(3)4-5-17(8)11-6-10(15-12)13-9(2)14-11/h6,8H,4-5,7,12H2,1-3H3,(H,13,14,15). The molecule has 0 spiro atoms. The summed E-state index contributed by atoms with van der Waals surface area (Å²) in [6.45, 7) is 7.18. The second-order valence-corrected chi connectivity index (χ2v) is 4.61. The number of nitrogens with two attached hydrogens (primary N) is 1. The summed E-state index contributed by atoms with van der Waals surface area (Å²) in [5.41, 5.74) is 2.58. The lowest BCUT2D eigenvalue weighted by atomic mass is 10.2. The Morgan fingerprint density at radius 2 is 2.18 bits per heavy atom. The summed E-state index contributed by atoms with van der Waals surface area (Å²) in [6, 6.07) is 2.35. The lowest BCUT2D eigenvalue weighted by Crippen LogP contribution is -2.50. The van der Waals surface area contributed by atoms with Crippen molar-refractivity contribution >= 4 is 11.6 Å². The Morgan fingerprint density at radius 3 is 2.82 bits per heavy atom. The van der Waals surface area contributed by atoms with E-state index in [2.05, 4.69) is 39.2 Å². The van der Waals surface area contributed by atoms with Gasteiger partial charge in [0.05, 0.1) is 0 Å². The van der Waals surface area contributed by atoms with Gasteiger partial charge in [0.2, 0.25) is 0 Å². The molecule has 3 N–H and O–H groups in total. The van der Waals surface area contributed by atoms with Crippen LogP contribution in [-0.2, 0) is 0 Å². The van der Waals surface area contributed by atoms with Gasteiger partial charge >= 0.3 is 0 Å². The highest BCUT2D eigenvalue weighted by atomic mass is 15.3. The molecule has 6 heteroatoms. The highest BCUT2D eigenvalue weighted by molar-refractivity contribution is 5.49. The first-order valence-electron chi connectivity index (χ1n) is 5.87. The van der Waals surface area contributed by atoms with E-state index in [9.17, 15) is 0 Å². The molecule has 1 aliphatic heterocycles. The maximum atomic E-state index is 5.41. The predicted octanol–water partition coefficient (Wildman–Crippen LogP) is 0.211. The van der Waals surface area contributed by atoms with Crippen molar-refractivity contribution in [2.24, 2.45) is 5.84 Å². The molecule has 1 atom stereocenters. The third kappa shape index (κ3) is 2.65. The van der Waals surface area contributed by atoms with Gasteiger partial charge in [-0.1, -0.05) is 0 Å². The predicted molar refractivity (Wildman–Crippen MR) is 68.9 cm³/mol. The normalized spacial score (nSPS) is 21.6. The van der Waals surface area contributed by atoms with Gasteiger partial charge in [-0.3, -0.25) is 0 Å². The van der Waals surface area contributed by atoms with E-state index in [4.69, 9.17) is 5.84 Å². The second-order valence-electron chi connectivity index (χ2n) is 4.61. The molecule has 0 amide bonds. The first-order chi connectivity index (χ1) is 8.10. The Hall–Kier alpha value is -1.40. The summed E-state index contributed by atoms with van der Waals surface area (Å²) in [7, 11) is 2.14. The molecule has 0 aliphatic carbocycles. The molecule has 6 nitrogen and oxygen atoms in total. The van der Waals surface area contributed by atoms with Crippen LogP contribution in [0.5, 0.6) is 0 Å².